The normalized spacial score (nSPS) is 20.5. The zero-order valence-electron chi connectivity index (χ0n) is 20.4. The van der Waals surface area contributed by atoms with Crippen molar-refractivity contribution in [1.82, 2.24) is 14.3 Å². The number of hydrogen-bond donors (Lipinski definition) is 0. The van der Waals surface area contributed by atoms with Crippen molar-refractivity contribution in [3.8, 4) is 11.1 Å². The van der Waals surface area contributed by atoms with Gasteiger partial charge in [0.15, 0.2) is 0 Å². The molecule has 35 heavy (non-hydrogen) atoms. The number of ether oxygens (including phenoxy) is 2. The second kappa shape index (κ2) is 9.10. The van der Waals surface area contributed by atoms with Gasteiger partial charge in [-0.2, -0.15) is 5.10 Å². The van der Waals surface area contributed by atoms with Crippen LogP contribution in [0.25, 0.3) is 22.0 Å². The molecule has 1 aromatic carbocycles. The summed E-state index contributed by atoms with van der Waals surface area (Å²) in [6.45, 7) is 3.74. The molecule has 0 unspecified atom stereocenters. The van der Waals surface area contributed by atoms with E-state index in [0.29, 0.717) is 30.2 Å². The Morgan fingerprint density at radius 2 is 1.97 bits per heavy atom. The lowest BCUT2D eigenvalue weighted by Crippen LogP contribution is -2.60. The Morgan fingerprint density at radius 1 is 1.26 bits per heavy atom. The first kappa shape index (κ1) is 24.6. The highest BCUT2D eigenvalue weighted by Crippen LogP contribution is 2.63. The van der Waals surface area contributed by atoms with Crippen LogP contribution < -0.4 is 0 Å². The summed E-state index contributed by atoms with van der Waals surface area (Å²) in [6.07, 6.45) is 4.78. The van der Waals surface area contributed by atoms with Crippen molar-refractivity contribution in [2.75, 3.05) is 13.7 Å². The molecular weight excluding hydrogens is 581 g/mol. The third-order valence-electron chi connectivity index (χ3n) is 7.65. The lowest BCUT2D eigenvalue weighted by molar-refractivity contribution is -0.141. The van der Waals surface area contributed by atoms with Crippen LogP contribution in [0.5, 0.6) is 0 Å². The smallest absolute Gasteiger partial charge is 0.354 e. The van der Waals surface area contributed by atoms with E-state index in [0.717, 1.165) is 43.6 Å². The fourth-order valence-corrected chi connectivity index (χ4v) is 6.97. The Kier molecular flexibility index (Phi) is 6.40. The fraction of sp³-hybridized carbons (Fsp3) is 0.500. The molecule has 3 aromatic rings. The standard InChI is InChI=1S/C26H29ClIN3O4/c1-14-21(20(13-28)31(29-14)26-10-16(11-26)12-26)22-19(27)8-7-18-17(6-5-9-35-15(2)32)24(25(33)34-4)30(3)23(18)22/h7-8,16H,5-6,9-13H2,1-4H3. The van der Waals surface area contributed by atoms with Crippen molar-refractivity contribution in [3.63, 3.8) is 0 Å². The molecule has 0 atom stereocenters. The number of aryl methyl sites for hydroxylation is 3. The van der Waals surface area contributed by atoms with Crippen LogP contribution in [0.15, 0.2) is 12.1 Å². The lowest BCUT2D eigenvalue weighted by atomic mass is 9.50. The second-order valence-electron chi connectivity index (χ2n) is 9.80. The van der Waals surface area contributed by atoms with E-state index >= 15 is 0 Å². The summed E-state index contributed by atoms with van der Waals surface area (Å²) in [4.78, 5) is 24.1. The predicted molar refractivity (Wildman–Crippen MR) is 143 cm³/mol. The quantitative estimate of drug-likeness (QED) is 0.141. The van der Waals surface area contributed by atoms with E-state index in [9.17, 15) is 9.59 Å². The minimum Gasteiger partial charge on any atom is -0.466 e. The van der Waals surface area contributed by atoms with Gasteiger partial charge in [0.1, 0.15) is 5.69 Å². The van der Waals surface area contributed by atoms with E-state index < -0.39 is 5.97 Å². The number of alkyl halides is 1. The third kappa shape index (κ3) is 3.79. The largest absolute Gasteiger partial charge is 0.466 e. The van der Waals surface area contributed by atoms with Gasteiger partial charge in [0.25, 0.3) is 0 Å². The molecule has 0 spiro atoms. The van der Waals surface area contributed by atoms with Gasteiger partial charge >= 0.3 is 11.9 Å². The van der Waals surface area contributed by atoms with Gasteiger partial charge in [-0.3, -0.25) is 9.48 Å². The van der Waals surface area contributed by atoms with Crippen LogP contribution in [0.2, 0.25) is 5.02 Å². The van der Waals surface area contributed by atoms with Crippen molar-refractivity contribution >= 4 is 57.0 Å². The number of hydrogen-bond acceptors (Lipinski definition) is 5. The second-order valence-corrected chi connectivity index (χ2v) is 11.0. The summed E-state index contributed by atoms with van der Waals surface area (Å²) in [5.74, 6) is 0.137. The molecule has 9 heteroatoms. The molecule has 0 saturated heterocycles. The molecule has 3 aliphatic carbocycles. The molecule has 0 radical (unpaired) electrons. The molecule has 6 rings (SSSR count). The van der Waals surface area contributed by atoms with Crippen LogP contribution in [0.3, 0.4) is 0 Å². The Bertz CT molecular complexity index is 1340. The molecule has 0 amide bonds. The molecular formula is C26H29ClIN3O4. The summed E-state index contributed by atoms with van der Waals surface area (Å²) in [7, 11) is 3.28. The molecule has 2 bridgehead atoms. The van der Waals surface area contributed by atoms with Crippen molar-refractivity contribution in [3.05, 3.63) is 39.8 Å². The van der Waals surface area contributed by atoms with Gasteiger partial charge in [0.2, 0.25) is 0 Å². The number of fused-ring (bicyclic) bond motifs is 1. The minimum absolute atomic E-state index is 0.168. The van der Waals surface area contributed by atoms with E-state index in [1.807, 2.05) is 30.7 Å². The molecule has 2 aromatic heterocycles. The summed E-state index contributed by atoms with van der Waals surface area (Å²) in [5, 5.41) is 6.61. The number of aromatic nitrogens is 3. The van der Waals surface area contributed by atoms with Gasteiger partial charge in [0, 0.05) is 34.9 Å². The average molecular weight is 610 g/mol. The van der Waals surface area contributed by atoms with E-state index in [1.165, 1.54) is 39.0 Å². The number of rotatable bonds is 8. The Morgan fingerprint density at radius 3 is 2.54 bits per heavy atom. The van der Waals surface area contributed by atoms with Gasteiger partial charge in [-0.1, -0.05) is 40.3 Å². The average Bonchev–Trinajstić information content (AvgIpc) is 3.22. The minimum atomic E-state index is -0.399. The number of benzene rings is 1. The zero-order chi connectivity index (χ0) is 25.1. The molecule has 0 aliphatic heterocycles. The highest BCUT2D eigenvalue weighted by atomic mass is 127. The summed E-state index contributed by atoms with van der Waals surface area (Å²) < 4.78 is 15.3. The molecule has 3 saturated carbocycles. The van der Waals surface area contributed by atoms with Gasteiger partial charge in [-0.05, 0) is 56.6 Å². The van der Waals surface area contributed by atoms with Crippen molar-refractivity contribution in [2.24, 2.45) is 13.0 Å². The Labute approximate surface area is 223 Å². The van der Waals surface area contributed by atoms with Crippen molar-refractivity contribution in [1.29, 1.82) is 0 Å². The SMILES string of the molecule is COC(=O)c1c(CCCOC(C)=O)c2ccc(Cl)c(-c3c(C)nn(C45CC(C4)C5)c3CI)c2n1C. The summed E-state index contributed by atoms with van der Waals surface area (Å²) in [6, 6.07) is 3.88. The zero-order valence-corrected chi connectivity index (χ0v) is 23.3. The van der Waals surface area contributed by atoms with Crippen LogP contribution in [0.4, 0.5) is 0 Å². The van der Waals surface area contributed by atoms with Gasteiger partial charge in [-0.25, -0.2) is 4.79 Å². The lowest BCUT2D eigenvalue weighted by Gasteiger charge is -2.61. The van der Waals surface area contributed by atoms with E-state index in [-0.39, 0.29) is 11.5 Å². The van der Waals surface area contributed by atoms with Crippen molar-refractivity contribution < 1.29 is 19.1 Å². The molecule has 0 N–H and O–H groups in total. The van der Waals surface area contributed by atoms with E-state index in [1.54, 1.807) is 0 Å². The molecule has 3 fully saturated rings. The number of nitrogens with zero attached hydrogens (tertiary/aromatic N) is 3. The molecule has 2 heterocycles. The summed E-state index contributed by atoms with van der Waals surface area (Å²) >= 11 is 9.32. The molecule has 7 nitrogen and oxygen atoms in total. The highest BCUT2D eigenvalue weighted by Gasteiger charge is 2.59. The van der Waals surface area contributed by atoms with Gasteiger partial charge in [0.05, 0.1) is 41.2 Å². The Balaban J connectivity index is 1.70. The van der Waals surface area contributed by atoms with E-state index in [2.05, 4.69) is 27.3 Å². The van der Waals surface area contributed by atoms with Crippen LogP contribution >= 0.6 is 34.2 Å². The highest BCUT2D eigenvalue weighted by molar-refractivity contribution is 14.1. The van der Waals surface area contributed by atoms with Gasteiger partial charge in [-0.15, -0.1) is 0 Å². The number of esters is 2. The first-order chi connectivity index (χ1) is 16.7. The topological polar surface area (TPSA) is 75.4 Å². The number of halogens is 2. The first-order valence-corrected chi connectivity index (χ1v) is 13.8. The number of carbonyl (C=O) groups is 2. The van der Waals surface area contributed by atoms with Crippen LogP contribution in [0, 0.1) is 12.8 Å². The van der Waals surface area contributed by atoms with E-state index in [4.69, 9.17) is 26.2 Å². The number of carbonyl (C=O) groups excluding carboxylic acids is 2. The molecule has 3 aliphatic rings. The molecule has 186 valence electrons. The van der Waals surface area contributed by atoms with Gasteiger partial charge < -0.3 is 14.0 Å². The number of methoxy groups -OCH3 is 1. The predicted octanol–water partition coefficient (Wildman–Crippen LogP) is 5.73. The monoisotopic (exact) mass is 609 g/mol. The fourth-order valence-electron chi connectivity index (χ4n) is 6.02. The Hall–Kier alpha value is -2.07. The summed E-state index contributed by atoms with van der Waals surface area (Å²) in [5.41, 5.74) is 6.54. The maximum atomic E-state index is 12.9. The third-order valence-corrected chi connectivity index (χ3v) is 8.69. The van der Waals surface area contributed by atoms with Crippen LogP contribution in [0.1, 0.15) is 60.0 Å². The van der Waals surface area contributed by atoms with Crippen LogP contribution in [-0.4, -0.2) is 40.0 Å². The maximum Gasteiger partial charge on any atom is 0.354 e. The maximum absolute atomic E-state index is 12.9. The van der Waals surface area contributed by atoms with Crippen molar-refractivity contribution in [2.45, 2.75) is 55.9 Å². The van der Waals surface area contributed by atoms with Crippen LogP contribution in [-0.2, 0) is 37.7 Å². The first-order valence-electron chi connectivity index (χ1n) is 11.9.